The molecule has 0 spiro atoms. The molecule has 4 amide bonds. The first-order valence-electron chi connectivity index (χ1n) is 11.5. The van der Waals surface area contributed by atoms with Gasteiger partial charge in [0.15, 0.2) is 0 Å². The van der Waals surface area contributed by atoms with Crippen molar-refractivity contribution in [2.75, 3.05) is 16.8 Å². The highest BCUT2D eigenvalue weighted by Crippen LogP contribution is 2.29. The summed E-state index contributed by atoms with van der Waals surface area (Å²) in [7, 11) is 0. The van der Waals surface area contributed by atoms with Gasteiger partial charge < -0.3 is 15.0 Å². The van der Waals surface area contributed by atoms with Crippen molar-refractivity contribution in [3.05, 3.63) is 95.6 Å². The van der Waals surface area contributed by atoms with E-state index in [1.807, 2.05) is 0 Å². The Kier molecular flexibility index (Phi) is 7.57. The Morgan fingerprint density at radius 1 is 0.892 bits per heavy atom. The van der Waals surface area contributed by atoms with E-state index in [2.05, 4.69) is 5.32 Å². The first kappa shape index (κ1) is 25.5. The number of ether oxygens (including phenoxy) is 1. The van der Waals surface area contributed by atoms with Crippen LogP contribution < -0.4 is 10.2 Å². The third-order valence-electron chi connectivity index (χ3n) is 5.73. The number of hydrogen-bond acceptors (Lipinski definition) is 5. The number of nitrogens with one attached hydrogen (secondary N) is 1. The van der Waals surface area contributed by atoms with E-state index >= 15 is 0 Å². The van der Waals surface area contributed by atoms with E-state index in [1.165, 1.54) is 65.6 Å². The van der Waals surface area contributed by atoms with Crippen LogP contribution in [0.1, 0.15) is 29.3 Å². The summed E-state index contributed by atoms with van der Waals surface area (Å²) in [4.78, 5) is 53.4. The molecule has 0 saturated carbocycles. The minimum atomic E-state index is -1.15. The highest BCUT2D eigenvalue weighted by Gasteiger charge is 2.46. The number of nitrogens with zero attached hydrogens (tertiary/aromatic N) is 2. The standard InChI is InChI=1S/C27H23F2N3O5/c1-2-37-26(35)18-5-11-21(12-6-18)30-24(33)15-23-25(34)32(22-13-9-20(29)10-14-22)27(36)31(23)16-17-3-7-19(28)8-4-17/h3-14,23H,2,15-16H2,1H3,(H,30,33). The molecule has 3 aromatic carbocycles. The predicted molar refractivity (Wildman–Crippen MR) is 131 cm³/mol. The molecule has 1 heterocycles. The van der Waals surface area contributed by atoms with Crippen LogP contribution in [-0.2, 0) is 20.9 Å². The molecule has 1 atom stereocenters. The van der Waals surface area contributed by atoms with Gasteiger partial charge in [0, 0.05) is 12.2 Å². The largest absolute Gasteiger partial charge is 0.462 e. The topological polar surface area (TPSA) is 96.0 Å². The van der Waals surface area contributed by atoms with E-state index in [1.54, 1.807) is 6.92 Å². The van der Waals surface area contributed by atoms with Gasteiger partial charge in [0.2, 0.25) is 5.91 Å². The molecule has 37 heavy (non-hydrogen) atoms. The van der Waals surface area contributed by atoms with Crippen LogP contribution in [0.25, 0.3) is 0 Å². The fourth-order valence-electron chi connectivity index (χ4n) is 3.92. The molecule has 1 unspecified atom stereocenters. The van der Waals surface area contributed by atoms with Gasteiger partial charge in [-0.05, 0) is 73.2 Å². The van der Waals surface area contributed by atoms with Crippen LogP contribution in [-0.4, -0.2) is 41.4 Å². The van der Waals surface area contributed by atoms with Crippen molar-refractivity contribution in [1.29, 1.82) is 0 Å². The van der Waals surface area contributed by atoms with Gasteiger partial charge >= 0.3 is 12.0 Å². The van der Waals surface area contributed by atoms with Crippen molar-refractivity contribution in [3.8, 4) is 0 Å². The highest BCUT2D eigenvalue weighted by molar-refractivity contribution is 6.22. The molecule has 1 aliphatic heterocycles. The summed E-state index contributed by atoms with van der Waals surface area (Å²) in [6.45, 7) is 1.88. The van der Waals surface area contributed by atoms with E-state index < -0.39 is 41.5 Å². The van der Waals surface area contributed by atoms with Gasteiger partial charge in [-0.1, -0.05) is 12.1 Å². The molecule has 1 aliphatic rings. The third kappa shape index (κ3) is 5.80. The first-order valence-corrected chi connectivity index (χ1v) is 11.5. The van der Waals surface area contributed by atoms with Gasteiger partial charge in [0.25, 0.3) is 5.91 Å². The summed E-state index contributed by atoms with van der Waals surface area (Å²) in [5.41, 5.74) is 1.42. The Bertz CT molecular complexity index is 1310. The van der Waals surface area contributed by atoms with E-state index in [4.69, 9.17) is 4.74 Å². The molecule has 10 heteroatoms. The first-order chi connectivity index (χ1) is 17.8. The quantitative estimate of drug-likeness (QED) is 0.358. The molecule has 1 fully saturated rings. The number of carbonyl (C=O) groups excluding carboxylic acids is 4. The van der Waals surface area contributed by atoms with E-state index in [0.29, 0.717) is 16.8 Å². The van der Waals surface area contributed by atoms with Crippen LogP contribution in [0.5, 0.6) is 0 Å². The Hall–Kier alpha value is -4.60. The van der Waals surface area contributed by atoms with Crippen LogP contribution in [0.2, 0.25) is 0 Å². The summed E-state index contributed by atoms with van der Waals surface area (Å²) < 4.78 is 31.7. The lowest BCUT2D eigenvalue weighted by atomic mass is 10.1. The average molecular weight is 507 g/mol. The molecule has 0 radical (unpaired) electrons. The maximum atomic E-state index is 13.4. The normalized spacial score (nSPS) is 15.2. The monoisotopic (exact) mass is 507 g/mol. The van der Waals surface area contributed by atoms with Gasteiger partial charge in [-0.2, -0.15) is 0 Å². The number of urea groups is 1. The summed E-state index contributed by atoms with van der Waals surface area (Å²) in [6, 6.07) is 14.5. The van der Waals surface area contributed by atoms with Gasteiger partial charge in [-0.15, -0.1) is 0 Å². The number of esters is 1. The third-order valence-corrected chi connectivity index (χ3v) is 5.73. The number of carbonyl (C=O) groups is 4. The molecule has 190 valence electrons. The fourth-order valence-corrected chi connectivity index (χ4v) is 3.92. The van der Waals surface area contributed by atoms with Crippen molar-refractivity contribution in [3.63, 3.8) is 0 Å². The van der Waals surface area contributed by atoms with Crippen LogP contribution >= 0.6 is 0 Å². The average Bonchev–Trinajstić information content (AvgIpc) is 3.10. The Labute approximate surface area is 211 Å². The molecule has 0 aromatic heterocycles. The van der Waals surface area contributed by atoms with Gasteiger partial charge in [-0.3, -0.25) is 9.59 Å². The zero-order chi connectivity index (χ0) is 26.5. The lowest BCUT2D eigenvalue weighted by Crippen LogP contribution is -2.37. The number of imide groups is 1. The second-order valence-corrected chi connectivity index (χ2v) is 8.25. The van der Waals surface area contributed by atoms with Crippen molar-refractivity contribution < 1.29 is 32.7 Å². The van der Waals surface area contributed by atoms with Gasteiger partial charge in [-0.25, -0.2) is 23.3 Å². The summed E-state index contributed by atoms with van der Waals surface area (Å²) >= 11 is 0. The predicted octanol–water partition coefficient (Wildman–Crippen LogP) is 4.51. The second-order valence-electron chi connectivity index (χ2n) is 8.25. The summed E-state index contributed by atoms with van der Waals surface area (Å²) in [5.74, 6) is -2.67. The maximum absolute atomic E-state index is 13.4. The highest BCUT2D eigenvalue weighted by atomic mass is 19.1. The van der Waals surface area contributed by atoms with Gasteiger partial charge in [0.05, 0.1) is 24.3 Å². The zero-order valence-electron chi connectivity index (χ0n) is 19.8. The summed E-state index contributed by atoms with van der Waals surface area (Å²) in [5, 5.41) is 2.66. The maximum Gasteiger partial charge on any atom is 0.338 e. The molecular weight excluding hydrogens is 484 g/mol. The minimum absolute atomic E-state index is 0.0469. The summed E-state index contributed by atoms with van der Waals surface area (Å²) in [6.07, 6.45) is -0.358. The molecule has 0 aliphatic carbocycles. The smallest absolute Gasteiger partial charge is 0.338 e. The Morgan fingerprint density at radius 2 is 1.49 bits per heavy atom. The number of anilines is 2. The molecule has 0 bridgehead atoms. The van der Waals surface area contributed by atoms with Crippen molar-refractivity contribution >= 4 is 35.2 Å². The Balaban J connectivity index is 1.54. The van der Waals surface area contributed by atoms with Crippen molar-refractivity contribution in [2.24, 2.45) is 0 Å². The molecule has 4 rings (SSSR count). The Morgan fingerprint density at radius 3 is 2.08 bits per heavy atom. The molecule has 1 N–H and O–H groups in total. The SMILES string of the molecule is CCOC(=O)c1ccc(NC(=O)CC2C(=O)N(c3ccc(F)cc3)C(=O)N2Cc2ccc(F)cc2)cc1. The van der Waals surface area contributed by atoms with Crippen LogP contribution in [0.15, 0.2) is 72.8 Å². The fraction of sp³-hybridized carbons (Fsp3) is 0.185. The number of halogens is 2. The minimum Gasteiger partial charge on any atom is -0.462 e. The lowest BCUT2D eigenvalue weighted by Gasteiger charge is -2.21. The van der Waals surface area contributed by atoms with E-state index in [9.17, 15) is 28.0 Å². The molecular formula is C27H23F2N3O5. The second kappa shape index (κ2) is 11.0. The van der Waals surface area contributed by atoms with Crippen molar-refractivity contribution in [2.45, 2.75) is 25.9 Å². The number of rotatable bonds is 8. The van der Waals surface area contributed by atoms with Crippen LogP contribution in [0.3, 0.4) is 0 Å². The number of benzene rings is 3. The molecule has 1 saturated heterocycles. The molecule has 3 aromatic rings. The van der Waals surface area contributed by atoms with Crippen LogP contribution in [0.4, 0.5) is 25.0 Å². The molecule has 8 nitrogen and oxygen atoms in total. The zero-order valence-corrected chi connectivity index (χ0v) is 19.8. The van der Waals surface area contributed by atoms with E-state index in [0.717, 1.165) is 17.0 Å². The van der Waals surface area contributed by atoms with Crippen LogP contribution in [0, 0.1) is 11.6 Å². The number of hydrogen-bond donors (Lipinski definition) is 1. The number of amides is 4. The van der Waals surface area contributed by atoms with E-state index in [-0.39, 0.29) is 25.3 Å². The van der Waals surface area contributed by atoms with Gasteiger partial charge in [0.1, 0.15) is 17.7 Å². The van der Waals surface area contributed by atoms with Crippen molar-refractivity contribution in [1.82, 2.24) is 4.90 Å². The lowest BCUT2D eigenvalue weighted by molar-refractivity contribution is -0.124.